The number of carbonyl (C=O) groups excluding carboxylic acids is 1. The van der Waals surface area contributed by atoms with E-state index in [-0.39, 0.29) is 6.42 Å². The first-order valence-electron chi connectivity index (χ1n) is 4.83. The molecule has 0 amide bonds. The van der Waals surface area contributed by atoms with Crippen molar-refractivity contribution >= 4 is 5.78 Å². The number of rotatable bonds is 2. The number of carbonyl (C=O) groups is 1. The van der Waals surface area contributed by atoms with Crippen LogP contribution in [0.1, 0.15) is 25.7 Å². The van der Waals surface area contributed by atoms with E-state index < -0.39 is 23.6 Å². The van der Waals surface area contributed by atoms with Crippen molar-refractivity contribution in [2.75, 3.05) is 7.05 Å². The lowest BCUT2D eigenvalue weighted by Crippen LogP contribution is -2.60. The van der Waals surface area contributed by atoms with E-state index in [2.05, 4.69) is 5.32 Å². The van der Waals surface area contributed by atoms with Crippen molar-refractivity contribution in [1.82, 2.24) is 5.32 Å². The van der Waals surface area contributed by atoms with E-state index in [4.69, 9.17) is 0 Å². The number of halogens is 3. The lowest BCUT2D eigenvalue weighted by atomic mass is 9.77. The fourth-order valence-electron chi connectivity index (χ4n) is 2.06. The Morgan fingerprint density at radius 2 is 2.07 bits per heavy atom. The Bertz CT molecular complexity index is 254. The predicted octanol–water partition coefficient (Wildman–Crippen LogP) is 1.01. The molecule has 0 unspecified atom stereocenters. The Balaban J connectivity index is 2.91. The summed E-state index contributed by atoms with van der Waals surface area (Å²) in [7, 11) is 1.45. The third-order valence-corrected chi connectivity index (χ3v) is 2.88. The quantitative estimate of drug-likeness (QED) is 0.737. The Labute approximate surface area is 85.7 Å². The highest BCUT2D eigenvalue weighted by molar-refractivity contribution is 5.92. The maximum absolute atomic E-state index is 12.3. The molecular formula is C9H14F3NO2. The third kappa shape index (κ3) is 2.31. The van der Waals surface area contributed by atoms with Gasteiger partial charge in [-0.1, -0.05) is 6.42 Å². The monoisotopic (exact) mass is 225 g/mol. The van der Waals surface area contributed by atoms with Crippen LogP contribution in [0.5, 0.6) is 0 Å². The zero-order valence-electron chi connectivity index (χ0n) is 8.40. The molecule has 0 radical (unpaired) electrons. The van der Waals surface area contributed by atoms with Gasteiger partial charge < -0.3 is 10.4 Å². The average molecular weight is 225 g/mol. The summed E-state index contributed by atoms with van der Waals surface area (Å²) in [6.07, 6.45) is -3.55. The SMILES string of the molecule is CN[C@H]1CCCC[C@]1(O)C(=O)C(F)(F)F. The van der Waals surface area contributed by atoms with Crippen molar-refractivity contribution < 1.29 is 23.1 Å². The number of likely N-dealkylation sites (N-methyl/N-ethyl adjacent to an activating group) is 1. The summed E-state index contributed by atoms with van der Waals surface area (Å²) >= 11 is 0. The first kappa shape index (κ1) is 12.4. The van der Waals surface area contributed by atoms with Gasteiger partial charge in [-0.15, -0.1) is 0 Å². The van der Waals surface area contributed by atoms with Crippen molar-refractivity contribution in [2.45, 2.75) is 43.5 Å². The van der Waals surface area contributed by atoms with Gasteiger partial charge in [-0.25, -0.2) is 0 Å². The van der Waals surface area contributed by atoms with Gasteiger partial charge in [0.2, 0.25) is 0 Å². The zero-order valence-corrected chi connectivity index (χ0v) is 8.40. The van der Waals surface area contributed by atoms with E-state index in [0.29, 0.717) is 12.8 Å². The molecule has 0 spiro atoms. The molecule has 1 fully saturated rings. The standard InChI is InChI=1S/C9H14F3NO2/c1-13-6-4-2-3-5-8(6,15)7(14)9(10,11)12/h6,13,15H,2-5H2,1H3/t6-,8+/m0/s1. The summed E-state index contributed by atoms with van der Waals surface area (Å²) in [6.45, 7) is 0. The minimum Gasteiger partial charge on any atom is -0.380 e. The Hall–Kier alpha value is -0.620. The second-order valence-electron chi connectivity index (χ2n) is 3.84. The largest absolute Gasteiger partial charge is 0.453 e. The molecule has 3 nitrogen and oxygen atoms in total. The van der Waals surface area contributed by atoms with Crippen LogP contribution in [0.25, 0.3) is 0 Å². The van der Waals surface area contributed by atoms with Gasteiger partial charge >= 0.3 is 6.18 Å². The molecule has 0 aromatic heterocycles. The van der Waals surface area contributed by atoms with Crippen LogP contribution < -0.4 is 5.32 Å². The predicted molar refractivity (Wildman–Crippen MR) is 47.3 cm³/mol. The highest BCUT2D eigenvalue weighted by Gasteiger charge is 2.55. The Morgan fingerprint density at radius 3 is 2.53 bits per heavy atom. The average Bonchev–Trinajstić information content (AvgIpc) is 2.16. The van der Waals surface area contributed by atoms with E-state index in [1.54, 1.807) is 0 Å². The number of Topliss-reactive ketones (excluding diaryl/α,β-unsaturated/α-hetero) is 1. The van der Waals surface area contributed by atoms with Crippen LogP contribution in [-0.4, -0.2) is 35.8 Å². The first-order valence-corrected chi connectivity index (χ1v) is 4.83. The summed E-state index contributed by atoms with van der Waals surface area (Å²) in [5.74, 6) is -2.03. The molecule has 2 N–H and O–H groups in total. The fourth-order valence-corrected chi connectivity index (χ4v) is 2.06. The number of hydrogen-bond donors (Lipinski definition) is 2. The van der Waals surface area contributed by atoms with Crippen molar-refractivity contribution in [3.63, 3.8) is 0 Å². The second-order valence-corrected chi connectivity index (χ2v) is 3.84. The van der Waals surface area contributed by atoms with Crippen molar-refractivity contribution in [3.8, 4) is 0 Å². The van der Waals surface area contributed by atoms with Gasteiger partial charge in [-0.3, -0.25) is 4.79 Å². The first-order chi connectivity index (χ1) is 6.82. The third-order valence-electron chi connectivity index (χ3n) is 2.88. The zero-order chi connectivity index (χ0) is 11.7. The highest BCUT2D eigenvalue weighted by atomic mass is 19.4. The molecule has 2 atom stereocenters. The lowest BCUT2D eigenvalue weighted by Gasteiger charge is -2.38. The maximum atomic E-state index is 12.3. The Morgan fingerprint density at radius 1 is 1.47 bits per heavy atom. The van der Waals surface area contributed by atoms with Crippen LogP contribution in [-0.2, 0) is 4.79 Å². The molecule has 6 heteroatoms. The molecule has 1 aliphatic rings. The van der Waals surface area contributed by atoms with Gasteiger partial charge in [0.15, 0.2) is 0 Å². The van der Waals surface area contributed by atoms with Crippen LogP contribution in [0.3, 0.4) is 0 Å². The summed E-state index contributed by atoms with van der Waals surface area (Å²) < 4.78 is 36.8. The van der Waals surface area contributed by atoms with Crippen LogP contribution in [0.15, 0.2) is 0 Å². The van der Waals surface area contributed by atoms with E-state index in [9.17, 15) is 23.1 Å². The van der Waals surface area contributed by atoms with Crippen LogP contribution in [0.2, 0.25) is 0 Å². The number of hydrogen-bond acceptors (Lipinski definition) is 3. The molecule has 0 aromatic rings. The molecule has 1 aliphatic carbocycles. The molecule has 0 saturated heterocycles. The van der Waals surface area contributed by atoms with Crippen LogP contribution >= 0.6 is 0 Å². The summed E-state index contributed by atoms with van der Waals surface area (Å²) in [5.41, 5.74) is -2.29. The van der Waals surface area contributed by atoms with Gasteiger partial charge in [0, 0.05) is 6.04 Å². The van der Waals surface area contributed by atoms with Crippen molar-refractivity contribution in [1.29, 1.82) is 0 Å². The normalized spacial score (nSPS) is 32.7. The molecule has 0 bridgehead atoms. The van der Waals surface area contributed by atoms with E-state index in [1.807, 2.05) is 0 Å². The van der Waals surface area contributed by atoms with Crippen molar-refractivity contribution in [3.05, 3.63) is 0 Å². The van der Waals surface area contributed by atoms with Crippen molar-refractivity contribution in [2.24, 2.45) is 0 Å². The molecule has 0 aliphatic heterocycles. The fraction of sp³-hybridized carbons (Fsp3) is 0.889. The number of nitrogens with one attached hydrogen (secondary N) is 1. The topological polar surface area (TPSA) is 49.3 Å². The van der Waals surface area contributed by atoms with E-state index in [0.717, 1.165) is 6.42 Å². The number of aliphatic hydroxyl groups is 1. The van der Waals surface area contributed by atoms with Gasteiger partial charge in [0.1, 0.15) is 5.60 Å². The lowest BCUT2D eigenvalue weighted by molar-refractivity contribution is -0.195. The molecule has 1 rings (SSSR count). The molecular weight excluding hydrogens is 211 g/mol. The summed E-state index contributed by atoms with van der Waals surface area (Å²) in [5, 5.41) is 12.4. The van der Waals surface area contributed by atoms with Gasteiger partial charge in [-0.05, 0) is 26.3 Å². The Kier molecular flexibility index (Phi) is 3.40. The molecule has 0 heterocycles. The van der Waals surface area contributed by atoms with Gasteiger partial charge in [0.05, 0.1) is 0 Å². The summed E-state index contributed by atoms with van der Waals surface area (Å²) in [4.78, 5) is 11.1. The van der Waals surface area contributed by atoms with Gasteiger partial charge in [0.25, 0.3) is 5.78 Å². The van der Waals surface area contributed by atoms with Crippen LogP contribution in [0.4, 0.5) is 13.2 Å². The van der Waals surface area contributed by atoms with Gasteiger partial charge in [-0.2, -0.15) is 13.2 Å². The smallest absolute Gasteiger partial charge is 0.380 e. The summed E-state index contributed by atoms with van der Waals surface area (Å²) in [6, 6.07) is -0.805. The molecule has 15 heavy (non-hydrogen) atoms. The highest BCUT2D eigenvalue weighted by Crippen LogP contribution is 2.34. The minimum atomic E-state index is -4.97. The molecule has 88 valence electrons. The molecule has 0 aromatic carbocycles. The van der Waals surface area contributed by atoms with E-state index >= 15 is 0 Å². The molecule has 1 saturated carbocycles. The van der Waals surface area contributed by atoms with E-state index in [1.165, 1.54) is 7.05 Å². The maximum Gasteiger partial charge on any atom is 0.453 e. The second kappa shape index (κ2) is 4.09. The number of ketones is 1. The minimum absolute atomic E-state index is 0.128. The number of alkyl halides is 3. The van der Waals surface area contributed by atoms with Crippen LogP contribution in [0, 0.1) is 0 Å².